The van der Waals surface area contributed by atoms with Crippen LogP contribution in [0.2, 0.25) is 0 Å². The van der Waals surface area contributed by atoms with E-state index < -0.39 is 10.0 Å². The van der Waals surface area contributed by atoms with Crippen molar-refractivity contribution in [1.82, 2.24) is 9.29 Å². The van der Waals surface area contributed by atoms with Gasteiger partial charge in [0.05, 0.1) is 5.69 Å². The molecule has 0 aliphatic rings. The van der Waals surface area contributed by atoms with E-state index in [9.17, 15) is 8.42 Å². The number of sulfonamides is 1. The van der Waals surface area contributed by atoms with Gasteiger partial charge < -0.3 is 5.32 Å². The molecule has 0 aromatic carbocycles. The summed E-state index contributed by atoms with van der Waals surface area (Å²) in [6.07, 6.45) is 5.98. The van der Waals surface area contributed by atoms with Gasteiger partial charge in [0.1, 0.15) is 4.90 Å². The van der Waals surface area contributed by atoms with Crippen molar-refractivity contribution in [2.45, 2.75) is 38.0 Å². The van der Waals surface area contributed by atoms with Crippen LogP contribution in [0.1, 0.15) is 33.1 Å². The molecule has 1 heterocycles. The van der Waals surface area contributed by atoms with Gasteiger partial charge in [-0.15, -0.1) is 0 Å². The number of nitrogens with zero attached hydrogens (tertiary/aromatic N) is 2. The standard InChI is InChI=1S/C13H23N3O2S/c1-4-6-7-10-16(3)19(17,18)13-11-14-9-8-12(13)15-5-2/h8-9,11H,4-7,10H2,1-3H3,(H,14,15). The van der Waals surface area contributed by atoms with Crippen molar-refractivity contribution in [2.75, 3.05) is 25.5 Å². The minimum atomic E-state index is -3.46. The minimum Gasteiger partial charge on any atom is -0.384 e. The number of unbranched alkanes of at least 4 members (excludes halogenated alkanes) is 2. The summed E-state index contributed by atoms with van der Waals surface area (Å²) in [5.41, 5.74) is 0.611. The van der Waals surface area contributed by atoms with Gasteiger partial charge in [0.15, 0.2) is 0 Å². The van der Waals surface area contributed by atoms with Gasteiger partial charge >= 0.3 is 0 Å². The van der Waals surface area contributed by atoms with Crippen LogP contribution >= 0.6 is 0 Å². The lowest BCUT2D eigenvalue weighted by atomic mass is 10.2. The highest BCUT2D eigenvalue weighted by atomic mass is 32.2. The Morgan fingerprint density at radius 2 is 2.05 bits per heavy atom. The van der Waals surface area contributed by atoms with Gasteiger partial charge in [-0.05, 0) is 19.4 Å². The van der Waals surface area contributed by atoms with E-state index in [-0.39, 0.29) is 4.90 Å². The molecule has 6 heteroatoms. The van der Waals surface area contributed by atoms with Crippen LogP contribution in [-0.4, -0.2) is 37.8 Å². The first-order chi connectivity index (χ1) is 9.04. The first kappa shape index (κ1) is 15.9. The van der Waals surface area contributed by atoms with Gasteiger partial charge in [0.2, 0.25) is 10.0 Å². The monoisotopic (exact) mass is 285 g/mol. The van der Waals surface area contributed by atoms with E-state index in [0.717, 1.165) is 19.3 Å². The average Bonchev–Trinajstić information content (AvgIpc) is 2.39. The Morgan fingerprint density at radius 1 is 1.32 bits per heavy atom. The third-order valence-corrected chi connectivity index (χ3v) is 4.80. The molecule has 0 fully saturated rings. The third-order valence-electron chi connectivity index (χ3n) is 2.92. The van der Waals surface area contributed by atoms with Crippen molar-refractivity contribution >= 4 is 15.7 Å². The summed E-state index contributed by atoms with van der Waals surface area (Å²) >= 11 is 0. The van der Waals surface area contributed by atoms with Crippen LogP contribution in [0.3, 0.4) is 0 Å². The van der Waals surface area contributed by atoms with E-state index in [4.69, 9.17) is 0 Å². The number of aromatic nitrogens is 1. The van der Waals surface area contributed by atoms with Crippen LogP contribution in [-0.2, 0) is 10.0 Å². The van der Waals surface area contributed by atoms with Crippen molar-refractivity contribution in [2.24, 2.45) is 0 Å². The summed E-state index contributed by atoms with van der Waals surface area (Å²) in [7, 11) is -1.85. The normalized spacial score (nSPS) is 11.8. The van der Waals surface area contributed by atoms with E-state index in [0.29, 0.717) is 18.8 Å². The van der Waals surface area contributed by atoms with E-state index in [1.807, 2.05) is 6.92 Å². The van der Waals surface area contributed by atoms with Gasteiger partial charge in [-0.1, -0.05) is 19.8 Å². The predicted molar refractivity (Wildman–Crippen MR) is 77.7 cm³/mol. The number of pyridine rings is 1. The number of anilines is 1. The zero-order chi connectivity index (χ0) is 14.3. The Morgan fingerprint density at radius 3 is 2.68 bits per heavy atom. The Labute approximate surface area is 116 Å². The third kappa shape index (κ3) is 4.18. The molecule has 0 saturated carbocycles. The fraction of sp³-hybridized carbons (Fsp3) is 0.615. The lowest BCUT2D eigenvalue weighted by molar-refractivity contribution is 0.454. The lowest BCUT2D eigenvalue weighted by Gasteiger charge is -2.19. The van der Waals surface area contributed by atoms with Crippen LogP contribution in [0, 0.1) is 0 Å². The molecule has 5 nitrogen and oxygen atoms in total. The summed E-state index contributed by atoms with van der Waals surface area (Å²) in [5.74, 6) is 0. The molecule has 0 aliphatic carbocycles. The van der Waals surface area contributed by atoms with Crippen LogP contribution in [0.5, 0.6) is 0 Å². The van der Waals surface area contributed by atoms with E-state index in [2.05, 4.69) is 17.2 Å². The maximum atomic E-state index is 12.5. The molecule has 0 atom stereocenters. The Kier molecular flexibility index (Phi) is 6.24. The van der Waals surface area contributed by atoms with Gasteiger partial charge in [0, 0.05) is 32.5 Å². The van der Waals surface area contributed by atoms with Crippen LogP contribution in [0.25, 0.3) is 0 Å². The molecule has 0 unspecified atom stereocenters. The fourth-order valence-corrected chi connectivity index (χ4v) is 3.11. The van der Waals surface area contributed by atoms with Crippen molar-refractivity contribution in [3.05, 3.63) is 18.5 Å². The number of hydrogen-bond acceptors (Lipinski definition) is 4. The van der Waals surface area contributed by atoms with Gasteiger partial charge in [0.25, 0.3) is 0 Å². The quantitative estimate of drug-likeness (QED) is 0.745. The van der Waals surface area contributed by atoms with Crippen LogP contribution < -0.4 is 5.32 Å². The highest BCUT2D eigenvalue weighted by molar-refractivity contribution is 7.89. The summed E-state index contributed by atoms with van der Waals surface area (Å²) in [6, 6.07) is 1.69. The molecule has 1 aromatic rings. The van der Waals surface area contributed by atoms with Crippen LogP contribution in [0.15, 0.2) is 23.4 Å². The van der Waals surface area contributed by atoms with Gasteiger partial charge in [-0.2, -0.15) is 0 Å². The molecule has 0 radical (unpaired) electrons. The molecular formula is C13H23N3O2S. The van der Waals surface area contributed by atoms with Crippen LogP contribution in [0.4, 0.5) is 5.69 Å². The first-order valence-electron chi connectivity index (χ1n) is 6.68. The Hall–Kier alpha value is -1.14. The van der Waals surface area contributed by atoms with E-state index in [1.165, 1.54) is 10.5 Å². The lowest BCUT2D eigenvalue weighted by Crippen LogP contribution is -2.28. The maximum absolute atomic E-state index is 12.5. The molecule has 1 N–H and O–H groups in total. The molecule has 0 bridgehead atoms. The summed E-state index contributed by atoms with van der Waals surface area (Å²) < 4.78 is 26.3. The minimum absolute atomic E-state index is 0.246. The number of rotatable bonds is 8. The molecular weight excluding hydrogens is 262 g/mol. The first-order valence-corrected chi connectivity index (χ1v) is 8.12. The zero-order valence-corrected chi connectivity index (χ0v) is 12.7. The fourth-order valence-electron chi connectivity index (χ4n) is 1.79. The van der Waals surface area contributed by atoms with Gasteiger partial charge in [-0.3, -0.25) is 4.98 Å². The molecule has 0 saturated heterocycles. The van der Waals surface area contributed by atoms with E-state index >= 15 is 0 Å². The molecule has 0 aliphatic heterocycles. The summed E-state index contributed by atoms with van der Waals surface area (Å²) in [4.78, 5) is 4.17. The average molecular weight is 285 g/mol. The number of nitrogens with one attached hydrogen (secondary N) is 1. The second-order valence-electron chi connectivity index (χ2n) is 4.44. The molecule has 19 heavy (non-hydrogen) atoms. The highest BCUT2D eigenvalue weighted by Crippen LogP contribution is 2.22. The highest BCUT2D eigenvalue weighted by Gasteiger charge is 2.23. The van der Waals surface area contributed by atoms with Crippen molar-refractivity contribution in [1.29, 1.82) is 0 Å². The zero-order valence-electron chi connectivity index (χ0n) is 11.9. The molecule has 0 amide bonds. The van der Waals surface area contributed by atoms with Gasteiger partial charge in [-0.25, -0.2) is 12.7 Å². The molecule has 1 rings (SSSR count). The van der Waals surface area contributed by atoms with E-state index in [1.54, 1.807) is 19.3 Å². The maximum Gasteiger partial charge on any atom is 0.246 e. The largest absolute Gasteiger partial charge is 0.384 e. The SMILES string of the molecule is CCCCCN(C)S(=O)(=O)c1cnccc1NCC. The summed E-state index contributed by atoms with van der Waals surface area (Å²) in [6.45, 7) is 5.24. The topological polar surface area (TPSA) is 62.3 Å². The Balaban J connectivity index is 2.93. The number of hydrogen-bond donors (Lipinski definition) is 1. The molecule has 1 aromatic heterocycles. The smallest absolute Gasteiger partial charge is 0.246 e. The Bertz CT molecular complexity index is 488. The van der Waals surface area contributed by atoms with Crippen molar-refractivity contribution in [3.63, 3.8) is 0 Å². The summed E-state index contributed by atoms with van der Waals surface area (Å²) in [5, 5.41) is 3.06. The predicted octanol–water partition coefficient (Wildman–Crippen LogP) is 2.32. The second-order valence-corrected chi connectivity index (χ2v) is 6.45. The van der Waals surface area contributed by atoms with Crippen molar-refractivity contribution in [3.8, 4) is 0 Å². The second kappa shape index (κ2) is 7.45. The molecule has 0 spiro atoms. The molecule has 108 valence electrons. The van der Waals surface area contributed by atoms with Crippen molar-refractivity contribution < 1.29 is 8.42 Å².